The number of aliphatic hydroxyl groups is 1. The van der Waals surface area contributed by atoms with Crippen LogP contribution in [-0.2, 0) is 5.41 Å². The van der Waals surface area contributed by atoms with Crippen LogP contribution in [0.4, 0.5) is 0 Å². The summed E-state index contributed by atoms with van der Waals surface area (Å²) in [6.45, 7) is 1.02. The van der Waals surface area contributed by atoms with Crippen molar-refractivity contribution in [3.8, 4) is 11.5 Å². The Morgan fingerprint density at radius 2 is 2.09 bits per heavy atom. The van der Waals surface area contributed by atoms with Crippen molar-refractivity contribution in [2.45, 2.75) is 30.4 Å². The van der Waals surface area contributed by atoms with Gasteiger partial charge in [0, 0.05) is 11.5 Å². The highest BCUT2D eigenvalue weighted by Crippen LogP contribution is 2.48. The van der Waals surface area contributed by atoms with E-state index < -0.39 is 0 Å². The van der Waals surface area contributed by atoms with Crippen LogP contribution < -0.4 is 9.47 Å². The van der Waals surface area contributed by atoms with Crippen molar-refractivity contribution >= 4 is 15.9 Å². The van der Waals surface area contributed by atoms with E-state index in [0.717, 1.165) is 29.6 Å². The predicted molar refractivity (Wildman–Crippen MR) is 89.7 cm³/mol. The number of fused-ring (bicyclic) bond motifs is 1. The van der Waals surface area contributed by atoms with Crippen LogP contribution in [-0.4, -0.2) is 50.0 Å². The predicted octanol–water partition coefficient (Wildman–Crippen LogP) is 2.73. The number of rotatable bonds is 3. The molecule has 1 aromatic carbocycles. The number of likely N-dealkylation sites (N-methyl/N-ethyl adjacent to an activating group) is 1. The van der Waals surface area contributed by atoms with Gasteiger partial charge in [-0.05, 0) is 60.1 Å². The second-order valence-electron chi connectivity index (χ2n) is 6.14. The van der Waals surface area contributed by atoms with E-state index in [1.165, 1.54) is 5.56 Å². The number of halogens is 1. The van der Waals surface area contributed by atoms with E-state index in [-0.39, 0.29) is 11.5 Å². The zero-order chi connectivity index (χ0) is 15.9. The first-order valence-electron chi connectivity index (χ1n) is 7.51. The quantitative estimate of drug-likeness (QED) is 0.834. The van der Waals surface area contributed by atoms with Crippen LogP contribution in [0.15, 0.2) is 28.8 Å². The molecule has 1 aromatic rings. The summed E-state index contributed by atoms with van der Waals surface area (Å²) in [6.07, 6.45) is 5.56. The molecule has 1 saturated heterocycles. The Hall–Kier alpha value is -1.04. The first-order valence-corrected chi connectivity index (χ1v) is 8.31. The Morgan fingerprint density at radius 3 is 2.77 bits per heavy atom. The van der Waals surface area contributed by atoms with Crippen LogP contribution in [0.2, 0.25) is 0 Å². The lowest BCUT2D eigenvalue weighted by Crippen LogP contribution is -2.44. The molecule has 1 aliphatic carbocycles. The largest absolute Gasteiger partial charge is 0.493 e. The van der Waals surface area contributed by atoms with Gasteiger partial charge in [0.25, 0.3) is 0 Å². The van der Waals surface area contributed by atoms with Gasteiger partial charge in [0.1, 0.15) is 0 Å². The first kappa shape index (κ1) is 15.8. The van der Waals surface area contributed by atoms with Gasteiger partial charge < -0.3 is 19.5 Å². The van der Waals surface area contributed by atoms with E-state index in [1.807, 2.05) is 6.08 Å². The second-order valence-corrected chi connectivity index (χ2v) is 7.00. The summed E-state index contributed by atoms with van der Waals surface area (Å²) in [5.41, 5.74) is 1.13. The van der Waals surface area contributed by atoms with E-state index >= 15 is 0 Å². The molecule has 0 aromatic heterocycles. The SMILES string of the molecule is COc1cc([C@@]23C=C[C@H](O)C[C@@H]2N(C)CC3)cc(Br)c1OC. The molecule has 0 bridgehead atoms. The number of hydrogen-bond acceptors (Lipinski definition) is 4. The molecule has 1 heterocycles. The first-order chi connectivity index (χ1) is 10.5. The number of aliphatic hydroxyl groups excluding tert-OH is 1. The van der Waals surface area contributed by atoms with Crippen molar-refractivity contribution in [1.29, 1.82) is 0 Å². The molecule has 0 saturated carbocycles. The van der Waals surface area contributed by atoms with E-state index in [9.17, 15) is 5.11 Å². The molecule has 120 valence electrons. The summed E-state index contributed by atoms with van der Waals surface area (Å²) >= 11 is 3.59. The fourth-order valence-corrected chi connectivity index (χ4v) is 4.48. The van der Waals surface area contributed by atoms with Crippen molar-refractivity contribution in [3.05, 3.63) is 34.3 Å². The van der Waals surface area contributed by atoms with E-state index in [1.54, 1.807) is 14.2 Å². The van der Waals surface area contributed by atoms with Gasteiger partial charge in [-0.1, -0.05) is 12.2 Å². The van der Waals surface area contributed by atoms with Crippen molar-refractivity contribution in [2.24, 2.45) is 0 Å². The molecule has 0 radical (unpaired) electrons. The molecule has 0 spiro atoms. The van der Waals surface area contributed by atoms with Crippen molar-refractivity contribution in [3.63, 3.8) is 0 Å². The molecule has 22 heavy (non-hydrogen) atoms. The fourth-order valence-electron chi connectivity index (χ4n) is 3.87. The summed E-state index contributed by atoms with van der Waals surface area (Å²) < 4.78 is 11.8. The summed E-state index contributed by atoms with van der Waals surface area (Å²) in [4.78, 5) is 2.34. The van der Waals surface area contributed by atoms with Crippen LogP contribution in [0.1, 0.15) is 18.4 Å². The Balaban J connectivity index is 2.13. The minimum absolute atomic E-state index is 0.0734. The van der Waals surface area contributed by atoms with E-state index in [0.29, 0.717) is 11.8 Å². The van der Waals surface area contributed by atoms with Crippen LogP contribution >= 0.6 is 15.9 Å². The molecular formula is C17H22BrNO3. The number of benzene rings is 1. The summed E-state index contributed by atoms with van der Waals surface area (Å²) in [5, 5.41) is 10.0. The molecule has 2 aliphatic rings. The molecule has 3 rings (SSSR count). The monoisotopic (exact) mass is 367 g/mol. The summed E-state index contributed by atoms with van der Waals surface area (Å²) in [5.74, 6) is 1.44. The minimum Gasteiger partial charge on any atom is -0.493 e. The van der Waals surface area contributed by atoms with E-state index in [4.69, 9.17) is 9.47 Å². The summed E-state index contributed by atoms with van der Waals surface area (Å²) in [7, 11) is 5.43. The molecule has 1 fully saturated rings. The molecular weight excluding hydrogens is 346 g/mol. The van der Waals surface area contributed by atoms with Crippen molar-refractivity contribution in [2.75, 3.05) is 27.8 Å². The molecule has 5 heteroatoms. The van der Waals surface area contributed by atoms with Crippen molar-refractivity contribution < 1.29 is 14.6 Å². The molecule has 1 aliphatic heterocycles. The maximum Gasteiger partial charge on any atom is 0.174 e. The number of nitrogens with zero attached hydrogens (tertiary/aromatic N) is 1. The van der Waals surface area contributed by atoms with Crippen LogP contribution in [0.25, 0.3) is 0 Å². The van der Waals surface area contributed by atoms with Crippen LogP contribution in [0.3, 0.4) is 0 Å². The number of likely N-dealkylation sites (tertiary alicyclic amines) is 1. The molecule has 0 unspecified atom stereocenters. The second kappa shape index (κ2) is 5.87. The van der Waals surface area contributed by atoms with Gasteiger partial charge in [-0.15, -0.1) is 0 Å². The zero-order valence-corrected chi connectivity index (χ0v) is 14.8. The third-order valence-electron chi connectivity index (χ3n) is 5.06. The minimum atomic E-state index is -0.359. The van der Waals surface area contributed by atoms with Gasteiger partial charge in [0.15, 0.2) is 11.5 Å². The number of hydrogen-bond donors (Lipinski definition) is 1. The lowest BCUT2D eigenvalue weighted by molar-refractivity contribution is 0.137. The normalized spacial score (nSPS) is 31.1. The van der Waals surface area contributed by atoms with Crippen molar-refractivity contribution in [1.82, 2.24) is 4.90 Å². The summed E-state index contributed by atoms with van der Waals surface area (Å²) in [6, 6.07) is 4.49. The Bertz CT molecular complexity index is 604. The van der Waals surface area contributed by atoms with Gasteiger partial charge in [-0.2, -0.15) is 0 Å². The fraction of sp³-hybridized carbons (Fsp3) is 0.529. The maximum absolute atomic E-state index is 10.0. The van der Waals surface area contributed by atoms with E-state index in [2.05, 4.69) is 46.1 Å². The number of ether oxygens (including phenoxy) is 2. The van der Waals surface area contributed by atoms with Gasteiger partial charge >= 0.3 is 0 Å². The third-order valence-corrected chi connectivity index (χ3v) is 5.65. The lowest BCUT2D eigenvalue weighted by atomic mass is 9.69. The average molecular weight is 368 g/mol. The lowest BCUT2D eigenvalue weighted by Gasteiger charge is -2.39. The highest BCUT2D eigenvalue weighted by Gasteiger charge is 2.48. The Labute approximate surface area is 139 Å². The van der Waals surface area contributed by atoms with Gasteiger partial charge in [-0.25, -0.2) is 0 Å². The van der Waals surface area contributed by atoms with Crippen LogP contribution in [0, 0.1) is 0 Å². The molecule has 4 nitrogen and oxygen atoms in total. The van der Waals surface area contributed by atoms with Gasteiger partial charge in [0.05, 0.1) is 24.8 Å². The zero-order valence-electron chi connectivity index (χ0n) is 13.2. The standard InChI is InChI=1S/C17H22BrNO3/c1-19-7-6-17(5-4-12(20)10-15(17)19)11-8-13(18)16(22-3)14(9-11)21-2/h4-5,8-9,12,15,20H,6-7,10H2,1-3H3/t12-,15-,17-/m0/s1. The topological polar surface area (TPSA) is 41.9 Å². The highest BCUT2D eigenvalue weighted by molar-refractivity contribution is 9.10. The average Bonchev–Trinajstić information content (AvgIpc) is 2.84. The number of methoxy groups -OCH3 is 2. The smallest absolute Gasteiger partial charge is 0.174 e. The van der Waals surface area contributed by atoms with Gasteiger partial charge in [0.2, 0.25) is 0 Å². The molecule has 0 amide bonds. The Kier molecular flexibility index (Phi) is 4.23. The maximum atomic E-state index is 10.0. The molecule has 1 N–H and O–H groups in total. The van der Waals surface area contributed by atoms with Gasteiger partial charge in [-0.3, -0.25) is 0 Å². The third kappa shape index (κ3) is 2.36. The van der Waals surface area contributed by atoms with Crippen LogP contribution in [0.5, 0.6) is 11.5 Å². The molecule has 3 atom stereocenters. The highest BCUT2D eigenvalue weighted by atomic mass is 79.9. The Morgan fingerprint density at radius 1 is 1.32 bits per heavy atom.